The van der Waals surface area contributed by atoms with Crippen LogP contribution in [0.1, 0.15) is 20.8 Å². The van der Waals surface area contributed by atoms with Crippen molar-refractivity contribution in [1.82, 2.24) is 4.90 Å². The van der Waals surface area contributed by atoms with Crippen LogP contribution in [-0.4, -0.2) is 35.1 Å². The summed E-state index contributed by atoms with van der Waals surface area (Å²) in [6.07, 6.45) is 2.35. The van der Waals surface area contributed by atoms with Crippen LogP contribution >= 0.6 is 0 Å². The monoisotopic (exact) mass is 171 g/mol. The van der Waals surface area contributed by atoms with Gasteiger partial charge < -0.3 is 10.0 Å². The molecule has 3 nitrogen and oxygen atoms in total. The van der Waals surface area contributed by atoms with E-state index in [9.17, 15) is 4.79 Å². The first-order chi connectivity index (χ1) is 5.61. The molecule has 0 aliphatic carbocycles. The highest BCUT2D eigenvalue weighted by Crippen LogP contribution is 1.91. The van der Waals surface area contributed by atoms with Gasteiger partial charge in [-0.2, -0.15) is 0 Å². The van der Waals surface area contributed by atoms with Crippen molar-refractivity contribution >= 4 is 5.91 Å². The summed E-state index contributed by atoms with van der Waals surface area (Å²) in [4.78, 5) is 12.9. The third kappa shape index (κ3) is 4.13. The second-order valence-electron chi connectivity index (χ2n) is 2.61. The van der Waals surface area contributed by atoms with E-state index in [1.165, 1.54) is 12.2 Å². The van der Waals surface area contributed by atoms with Crippen LogP contribution in [0, 0.1) is 0 Å². The van der Waals surface area contributed by atoms with Gasteiger partial charge in [-0.1, -0.05) is 6.08 Å². The number of rotatable bonds is 4. The number of nitrogens with zero attached hydrogens (tertiary/aromatic N) is 1. The van der Waals surface area contributed by atoms with Gasteiger partial charge in [0.25, 0.3) is 0 Å². The van der Waals surface area contributed by atoms with Crippen LogP contribution in [0.4, 0.5) is 0 Å². The van der Waals surface area contributed by atoms with Crippen molar-refractivity contribution in [2.45, 2.75) is 26.9 Å². The van der Waals surface area contributed by atoms with Crippen LogP contribution in [0.5, 0.6) is 0 Å². The molecule has 0 radical (unpaired) electrons. The quantitative estimate of drug-likeness (QED) is 0.635. The van der Waals surface area contributed by atoms with Gasteiger partial charge in [-0.15, -0.1) is 0 Å². The SMILES string of the molecule is CCN(CC)C(=O)C=CC(C)O. The van der Waals surface area contributed by atoms with Gasteiger partial charge in [-0.05, 0) is 20.8 Å². The predicted molar refractivity (Wildman–Crippen MR) is 48.7 cm³/mol. The lowest BCUT2D eigenvalue weighted by Gasteiger charge is -2.15. The highest BCUT2D eigenvalue weighted by molar-refractivity contribution is 5.87. The molecule has 0 heterocycles. The zero-order valence-electron chi connectivity index (χ0n) is 7.95. The second-order valence-corrected chi connectivity index (χ2v) is 2.61. The van der Waals surface area contributed by atoms with Crippen LogP contribution < -0.4 is 0 Å². The van der Waals surface area contributed by atoms with E-state index in [0.29, 0.717) is 13.1 Å². The Hall–Kier alpha value is -0.830. The molecule has 0 aromatic carbocycles. The highest BCUT2D eigenvalue weighted by atomic mass is 16.3. The van der Waals surface area contributed by atoms with Crippen LogP contribution in [0.3, 0.4) is 0 Å². The fraction of sp³-hybridized carbons (Fsp3) is 0.667. The topological polar surface area (TPSA) is 40.5 Å². The van der Waals surface area contributed by atoms with Crippen molar-refractivity contribution in [3.63, 3.8) is 0 Å². The summed E-state index contributed by atoms with van der Waals surface area (Å²) >= 11 is 0. The van der Waals surface area contributed by atoms with Crippen LogP contribution in [0.25, 0.3) is 0 Å². The maximum atomic E-state index is 11.2. The van der Waals surface area contributed by atoms with E-state index in [1.807, 2.05) is 13.8 Å². The number of aliphatic hydroxyl groups is 1. The lowest BCUT2D eigenvalue weighted by atomic mass is 10.3. The van der Waals surface area contributed by atoms with Gasteiger partial charge in [0.1, 0.15) is 0 Å². The standard InChI is InChI=1S/C9H17NO2/c1-4-10(5-2)9(12)7-6-8(3)11/h6-8,11H,4-5H2,1-3H3. The average molecular weight is 171 g/mol. The van der Waals surface area contributed by atoms with Crippen molar-refractivity contribution in [2.24, 2.45) is 0 Å². The maximum Gasteiger partial charge on any atom is 0.246 e. The first kappa shape index (κ1) is 11.2. The summed E-state index contributed by atoms with van der Waals surface area (Å²) in [5.41, 5.74) is 0. The number of likely N-dealkylation sites (N-methyl/N-ethyl adjacent to an activating group) is 1. The molecule has 0 aliphatic rings. The lowest BCUT2D eigenvalue weighted by Crippen LogP contribution is -2.28. The van der Waals surface area contributed by atoms with Crippen LogP contribution in [-0.2, 0) is 4.79 Å². The molecule has 0 spiro atoms. The van der Waals surface area contributed by atoms with Crippen molar-refractivity contribution in [3.05, 3.63) is 12.2 Å². The maximum absolute atomic E-state index is 11.2. The number of hydrogen-bond donors (Lipinski definition) is 1. The molecule has 1 N–H and O–H groups in total. The van der Waals surface area contributed by atoms with E-state index < -0.39 is 6.10 Å². The highest BCUT2D eigenvalue weighted by Gasteiger charge is 2.04. The Balaban J connectivity index is 4.01. The van der Waals surface area contributed by atoms with E-state index in [0.717, 1.165) is 0 Å². The number of aliphatic hydroxyl groups excluding tert-OH is 1. The first-order valence-corrected chi connectivity index (χ1v) is 4.27. The molecule has 70 valence electrons. The number of hydrogen-bond acceptors (Lipinski definition) is 2. The Morgan fingerprint density at radius 1 is 1.50 bits per heavy atom. The molecule has 12 heavy (non-hydrogen) atoms. The second kappa shape index (κ2) is 5.77. The minimum absolute atomic E-state index is 0.0408. The predicted octanol–water partition coefficient (Wildman–Crippen LogP) is 0.792. The number of amides is 1. The third-order valence-corrected chi connectivity index (χ3v) is 1.59. The lowest BCUT2D eigenvalue weighted by molar-refractivity contribution is -0.125. The molecule has 0 fully saturated rings. The zero-order valence-corrected chi connectivity index (χ0v) is 7.95. The molecule has 1 atom stereocenters. The Morgan fingerprint density at radius 2 is 2.00 bits per heavy atom. The van der Waals surface area contributed by atoms with Gasteiger partial charge in [0.15, 0.2) is 0 Å². The zero-order chi connectivity index (χ0) is 9.56. The molecule has 1 unspecified atom stereocenters. The summed E-state index contributed by atoms with van der Waals surface area (Å²) in [6, 6.07) is 0. The van der Waals surface area contributed by atoms with Crippen molar-refractivity contribution < 1.29 is 9.90 Å². The normalized spacial score (nSPS) is 13.3. The summed E-state index contributed by atoms with van der Waals surface area (Å²) in [5, 5.41) is 8.87. The largest absolute Gasteiger partial charge is 0.389 e. The Bertz CT molecular complexity index is 160. The molecule has 0 saturated heterocycles. The van der Waals surface area contributed by atoms with Gasteiger partial charge in [-0.3, -0.25) is 4.79 Å². The van der Waals surface area contributed by atoms with Crippen molar-refractivity contribution in [2.75, 3.05) is 13.1 Å². The van der Waals surface area contributed by atoms with E-state index in [1.54, 1.807) is 11.8 Å². The Labute approximate surface area is 73.7 Å². The molecule has 0 saturated carbocycles. The van der Waals surface area contributed by atoms with Crippen LogP contribution in [0.15, 0.2) is 12.2 Å². The molecule has 0 aliphatic heterocycles. The van der Waals surface area contributed by atoms with Gasteiger partial charge in [0, 0.05) is 19.2 Å². The summed E-state index contributed by atoms with van der Waals surface area (Å²) in [7, 11) is 0. The van der Waals surface area contributed by atoms with Crippen molar-refractivity contribution in [3.8, 4) is 0 Å². The molecule has 0 rings (SSSR count). The summed E-state index contributed by atoms with van der Waals surface area (Å²) in [6.45, 7) is 6.89. The number of carbonyl (C=O) groups is 1. The molecular formula is C9H17NO2. The van der Waals surface area contributed by atoms with Gasteiger partial charge >= 0.3 is 0 Å². The van der Waals surface area contributed by atoms with E-state index in [2.05, 4.69) is 0 Å². The third-order valence-electron chi connectivity index (χ3n) is 1.59. The molecule has 0 aromatic heterocycles. The first-order valence-electron chi connectivity index (χ1n) is 4.27. The average Bonchev–Trinajstić information content (AvgIpc) is 2.03. The molecular weight excluding hydrogens is 154 g/mol. The fourth-order valence-electron chi connectivity index (χ4n) is 0.862. The minimum atomic E-state index is -0.551. The molecule has 0 aromatic rings. The summed E-state index contributed by atoms with van der Waals surface area (Å²) < 4.78 is 0. The van der Waals surface area contributed by atoms with Crippen molar-refractivity contribution in [1.29, 1.82) is 0 Å². The smallest absolute Gasteiger partial charge is 0.246 e. The minimum Gasteiger partial charge on any atom is -0.389 e. The van der Waals surface area contributed by atoms with Gasteiger partial charge in [0.05, 0.1) is 6.10 Å². The Morgan fingerprint density at radius 3 is 2.33 bits per heavy atom. The van der Waals surface area contributed by atoms with E-state index in [4.69, 9.17) is 5.11 Å². The molecule has 3 heteroatoms. The molecule has 0 bridgehead atoms. The fourth-order valence-corrected chi connectivity index (χ4v) is 0.862. The van der Waals surface area contributed by atoms with Crippen LogP contribution in [0.2, 0.25) is 0 Å². The Kier molecular flexibility index (Phi) is 5.37. The van der Waals surface area contributed by atoms with E-state index in [-0.39, 0.29) is 5.91 Å². The van der Waals surface area contributed by atoms with Gasteiger partial charge in [0.2, 0.25) is 5.91 Å². The summed E-state index contributed by atoms with van der Waals surface area (Å²) in [5.74, 6) is -0.0408. The van der Waals surface area contributed by atoms with E-state index >= 15 is 0 Å². The molecule has 1 amide bonds. The number of carbonyl (C=O) groups excluding carboxylic acids is 1. The van der Waals surface area contributed by atoms with Gasteiger partial charge in [-0.25, -0.2) is 0 Å².